The summed E-state index contributed by atoms with van der Waals surface area (Å²) in [7, 11) is 0. The van der Waals surface area contributed by atoms with E-state index < -0.39 is 0 Å². The minimum absolute atomic E-state index is 0.596. The summed E-state index contributed by atoms with van der Waals surface area (Å²) >= 11 is 9.71. The number of halogens is 1. The van der Waals surface area contributed by atoms with Gasteiger partial charge in [0.05, 0.1) is 0 Å². The normalized spacial score (nSPS) is 9.08. The van der Waals surface area contributed by atoms with Gasteiger partial charge in [0.25, 0.3) is 0 Å². The first-order valence-electron chi connectivity index (χ1n) is 4.11. The van der Waals surface area contributed by atoms with Crippen molar-refractivity contribution in [2.45, 2.75) is 12.2 Å². The predicted molar refractivity (Wildman–Crippen MR) is 61.3 cm³/mol. The van der Waals surface area contributed by atoms with Crippen LogP contribution in [0.1, 0.15) is 17.5 Å². The molecule has 0 saturated carbocycles. The lowest BCUT2D eigenvalue weighted by Crippen LogP contribution is -1.80. The maximum atomic E-state index is 5.51. The number of hydrogen-bond acceptors (Lipinski definition) is 1. The second-order valence-electron chi connectivity index (χ2n) is 2.60. The lowest BCUT2D eigenvalue weighted by atomic mass is 10.1. The minimum Gasteiger partial charge on any atom is -0.175 e. The lowest BCUT2D eigenvalue weighted by molar-refractivity contribution is 1.29. The highest BCUT2D eigenvalue weighted by Gasteiger charge is 1.89. The standard InChI is InChI=1S/C11H11ClS/c12-7-2-1-4-10-5-3-6-11(8-10)9-13/h3,5-6,8,13H,2,7,9H2. The van der Waals surface area contributed by atoms with Gasteiger partial charge in [-0.05, 0) is 17.7 Å². The molecule has 0 radical (unpaired) electrons. The van der Waals surface area contributed by atoms with Crippen LogP contribution in [0.3, 0.4) is 0 Å². The minimum atomic E-state index is 0.596. The summed E-state index contributed by atoms with van der Waals surface area (Å²) in [6.45, 7) is 0. The molecule has 1 aromatic carbocycles. The van der Waals surface area contributed by atoms with Gasteiger partial charge in [-0.3, -0.25) is 0 Å². The van der Waals surface area contributed by atoms with Crippen LogP contribution >= 0.6 is 24.2 Å². The summed E-state index contributed by atoms with van der Waals surface area (Å²) in [5.74, 6) is 7.40. The summed E-state index contributed by atoms with van der Waals surface area (Å²) in [5, 5.41) is 0. The van der Waals surface area contributed by atoms with Crippen molar-refractivity contribution in [1.29, 1.82) is 0 Å². The van der Waals surface area contributed by atoms with Crippen LogP contribution in [-0.2, 0) is 5.75 Å². The lowest BCUT2D eigenvalue weighted by Gasteiger charge is -1.95. The van der Waals surface area contributed by atoms with Gasteiger partial charge in [0.2, 0.25) is 0 Å². The summed E-state index contributed by atoms with van der Waals surface area (Å²) < 4.78 is 0. The number of thiol groups is 1. The van der Waals surface area contributed by atoms with E-state index in [1.807, 2.05) is 24.3 Å². The molecule has 0 atom stereocenters. The monoisotopic (exact) mass is 210 g/mol. The Morgan fingerprint density at radius 1 is 1.38 bits per heavy atom. The summed E-state index contributed by atoms with van der Waals surface area (Å²) in [6, 6.07) is 8.08. The number of alkyl halides is 1. The third-order valence-electron chi connectivity index (χ3n) is 1.56. The topological polar surface area (TPSA) is 0 Å². The molecule has 0 unspecified atom stereocenters. The first-order valence-corrected chi connectivity index (χ1v) is 5.28. The smallest absolute Gasteiger partial charge is 0.0333 e. The van der Waals surface area contributed by atoms with E-state index in [2.05, 4.69) is 24.5 Å². The van der Waals surface area contributed by atoms with Crippen LogP contribution in [0.4, 0.5) is 0 Å². The van der Waals surface area contributed by atoms with Gasteiger partial charge in [0.15, 0.2) is 0 Å². The Morgan fingerprint density at radius 3 is 2.92 bits per heavy atom. The molecule has 0 heterocycles. The van der Waals surface area contributed by atoms with Crippen molar-refractivity contribution >= 4 is 24.2 Å². The first-order chi connectivity index (χ1) is 6.36. The second kappa shape index (κ2) is 5.96. The molecule has 0 aliphatic carbocycles. The molecule has 0 fully saturated rings. The van der Waals surface area contributed by atoms with E-state index in [0.29, 0.717) is 5.88 Å². The average Bonchev–Trinajstić information content (AvgIpc) is 2.19. The van der Waals surface area contributed by atoms with Crippen LogP contribution in [0, 0.1) is 11.8 Å². The molecule has 0 nitrogen and oxygen atoms in total. The average molecular weight is 211 g/mol. The molecule has 0 aromatic heterocycles. The molecule has 0 bridgehead atoms. The fourth-order valence-corrected chi connectivity index (χ4v) is 1.25. The molecule has 0 spiro atoms. The van der Waals surface area contributed by atoms with Crippen LogP contribution in [-0.4, -0.2) is 5.88 Å². The Bertz CT molecular complexity index is 322. The molecule has 0 aliphatic heterocycles. The first kappa shape index (κ1) is 10.5. The van der Waals surface area contributed by atoms with Gasteiger partial charge in [0.1, 0.15) is 0 Å². The second-order valence-corrected chi connectivity index (χ2v) is 3.29. The summed E-state index contributed by atoms with van der Waals surface area (Å²) in [6.07, 6.45) is 0.743. The van der Waals surface area contributed by atoms with Crippen molar-refractivity contribution in [2.24, 2.45) is 0 Å². The highest BCUT2D eigenvalue weighted by molar-refractivity contribution is 7.79. The van der Waals surface area contributed by atoms with Crippen LogP contribution in [0.2, 0.25) is 0 Å². The highest BCUT2D eigenvalue weighted by atomic mass is 35.5. The molecule has 0 saturated heterocycles. The zero-order chi connectivity index (χ0) is 9.52. The van der Waals surface area contributed by atoms with E-state index in [9.17, 15) is 0 Å². The molecule has 68 valence electrons. The SMILES string of the molecule is SCc1cccc(C#CCCCl)c1. The Hall–Kier alpha value is -0.580. The van der Waals surface area contributed by atoms with Crippen molar-refractivity contribution in [2.75, 3.05) is 5.88 Å². The van der Waals surface area contributed by atoms with E-state index in [1.54, 1.807) is 0 Å². The molecular formula is C11H11ClS. The van der Waals surface area contributed by atoms with Gasteiger partial charge < -0.3 is 0 Å². The number of benzene rings is 1. The van der Waals surface area contributed by atoms with Gasteiger partial charge in [-0.25, -0.2) is 0 Å². The number of hydrogen-bond donors (Lipinski definition) is 1. The molecular weight excluding hydrogens is 200 g/mol. The third kappa shape index (κ3) is 3.76. The molecule has 1 aromatic rings. The largest absolute Gasteiger partial charge is 0.175 e. The van der Waals surface area contributed by atoms with Crippen LogP contribution < -0.4 is 0 Å². The van der Waals surface area contributed by atoms with Crippen molar-refractivity contribution in [3.8, 4) is 11.8 Å². The van der Waals surface area contributed by atoms with Gasteiger partial charge in [-0.2, -0.15) is 12.6 Å². The van der Waals surface area contributed by atoms with Crippen molar-refractivity contribution in [3.05, 3.63) is 35.4 Å². The highest BCUT2D eigenvalue weighted by Crippen LogP contribution is 2.06. The Balaban J connectivity index is 2.73. The van der Waals surface area contributed by atoms with Crippen molar-refractivity contribution in [1.82, 2.24) is 0 Å². The van der Waals surface area contributed by atoms with E-state index >= 15 is 0 Å². The van der Waals surface area contributed by atoms with Crippen molar-refractivity contribution in [3.63, 3.8) is 0 Å². The third-order valence-corrected chi connectivity index (χ3v) is 2.12. The van der Waals surface area contributed by atoms with Gasteiger partial charge >= 0.3 is 0 Å². The maximum absolute atomic E-state index is 5.51. The predicted octanol–water partition coefficient (Wildman–Crippen LogP) is 3.10. The van der Waals surface area contributed by atoms with Gasteiger partial charge in [-0.15, -0.1) is 11.6 Å². The Labute approximate surface area is 89.7 Å². The molecule has 13 heavy (non-hydrogen) atoms. The Kier molecular flexibility index (Phi) is 4.82. The number of rotatable bonds is 2. The molecule has 0 aliphatic rings. The zero-order valence-electron chi connectivity index (χ0n) is 7.26. The van der Waals surface area contributed by atoms with Crippen LogP contribution in [0.25, 0.3) is 0 Å². The van der Waals surface area contributed by atoms with E-state index in [4.69, 9.17) is 11.6 Å². The van der Waals surface area contributed by atoms with E-state index in [1.165, 1.54) is 5.56 Å². The van der Waals surface area contributed by atoms with Gasteiger partial charge in [0, 0.05) is 23.6 Å². The van der Waals surface area contributed by atoms with E-state index in [-0.39, 0.29) is 0 Å². The quantitative estimate of drug-likeness (QED) is 0.433. The summed E-state index contributed by atoms with van der Waals surface area (Å²) in [5.41, 5.74) is 2.23. The molecule has 0 amide bonds. The van der Waals surface area contributed by atoms with Crippen LogP contribution in [0.5, 0.6) is 0 Å². The maximum Gasteiger partial charge on any atom is 0.0333 e. The van der Waals surface area contributed by atoms with Crippen molar-refractivity contribution < 1.29 is 0 Å². The molecule has 1 rings (SSSR count). The van der Waals surface area contributed by atoms with Crippen LogP contribution in [0.15, 0.2) is 24.3 Å². The fourth-order valence-electron chi connectivity index (χ4n) is 0.959. The fraction of sp³-hybridized carbons (Fsp3) is 0.273. The van der Waals surface area contributed by atoms with E-state index in [0.717, 1.165) is 17.7 Å². The molecule has 0 N–H and O–H groups in total. The summed E-state index contributed by atoms with van der Waals surface area (Å²) in [4.78, 5) is 0. The Morgan fingerprint density at radius 2 is 2.23 bits per heavy atom. The zero-order valence-corrected chi connectivity index (χ0v) is 8.91. The van der Waals surface area contributed by atoms with Gasteiger partial charge in [-0.1, -0.05) is 24.0 Å². The molecule has 2 heteroatoms.